The Balaban J connectivity index is 2.66. The molecule has 1 heterocycles. The summed E-state index contributed by atoms with van der Waals surface area (Å²) in [6, 6.07) is 1.96. The third-order valence-electron chi connectivity index (χ3n) is 2.71. The maximum atomic E-state index is 12.0. The van der Waals surface area contributed by atoms with Crippen LogP contribution in [-0.4, -0.2) is 36.2 Å². The molecule has 1 aromatic rings. The zero-order valence-corrected chi connectivity index (χ0v) is 13.0. The molecule has 0 radical (unpaired) electrons. The molecule has 6 heteroatoms. The summed E-state index contributed by atoms with van der Waals surface area (Å²) in [5.41, 5.74) is 0.975. The quantitative estimate of drug-likeness (QED) is 0.673. The monoisotopic (exact) mass is 301 g/mol. The summed E-state index contributed by atoms with van der Waals surface area (Å²) >= 11 is 0. The molecule has 0 aliphatic rings. The van der Waals surface area contributed by atoms with E-state index in [9.17, 15) is 8.78 Å². The van der Waals surface area contributed by atoms with Gasteiger partial charge >= 0.3 is 0 Å². The van der Waals surface area contributed by atoms with Gasteiger partial charge in [-0.15, -0.1) is 0 Å². The Hall–Kier alpha value is -1.30. The lowest BCUT2D eigenvalue weighted by molar-refractivity contribution is 0.0183. The second-order valence-electron chi connectivity index (χ2n) is 5.40. The van der Waals surface area contributed by atoms with Gasteiger partial charge in [0.25, 0.3) is 6.43 Å². The molecule has 21 heavy (non-hydrogen) atoms. The van der Waals surface area contributed by atoms with Crippen LogP contribution in [0.4, 0.5) is 14.6 Å². The Morgan fingerprint density at radius 3 is 2.67 bits per heavy atom. The molecule has 0 atom stereocenters. The highest BCUT2D eigenvalue weighted by atomic mass is 19.3. The molecule has 4 nitrogen and oxygen atoms in total. The van der Waals surface area contributed by atoms with E-state index in [1.807, 2.05) is 6.07 Å². The summed E-state index contributed by atoms with van der Waals surface area (Å²) in [4.78, 5) is 8.88. The minimum absolute atomic E-state index is 0.211. The molecule has 0 aromatic carbocycles. The molecule has 0 amide bonds. The maximum absolute atomic E-state index is 12.0. The Bertz CT molecular complexity index is 414. The van der Waals surface area contributed by atoms with Gasteiger partial charge in [-0.05, 0) is 18.8 Å². The Kier molecular flexibility index (Phi) is 8.12. The van der Waals surface area contributed by atoms with Gasteiger partial charge in [0.2, 0.25) is 0 Å². The molecule has 0 bridgehead atoms. The van der Waals surface area contributed by atoms with Gasteiger partial charge in [0.05, 0.1) is 6.61 Å². The summed E-state index contributed by atoms with van der Waals surface area (Å²) in [5.74, 6) is 1.94. The lowest BCUT2D eigenvalue weighted by Gasteiger charge is -2.11. The highest BCUT2D eigenvalue weighted by Crippen LogP contribution is 2.12. The van der Waals surface area contributed by atoms with Crippen molar-refractivity contribution in [2.24, 2.45) is 5.92 Å². The standard InChI is InChI=1S/C15H25F2N3O/c1-4-6-18-15-9-12(8-11(2)3)19-14(20-15)5-7-21-10-13(16)17/h9,11,13H,4-8,10H2,1-3H3,(H,18,19,20). The number of hydrogen-bond donors (Lipinski definition) is 1. The van der Waals surface area contributed by atoms with Crippen molar-refractivity contribution in [3.05, 3.63) is 17.6 Å². The van der Waals surface area contributed by atoms with Crippen LogP contribution >= 0.6 is 0 Å². The van der Waals surface area contributed by atoms with Crippen LogP contribution in [0, 0.1) is 5.92 Å². The molecule has 0 fully saturated rings. The number of halogens is 2. The van der Waals surface area contributed by atoms with Crippen molar-refractivity contribution in [3.8, 4) is 0 Å². The van der Waals surface area contributed by atoms with Crippen molar-refractivity contribution in [1.29, 1.82) is 0 Å². The average molecular weight is 301 g/mol. The molecular weight excluding hydrogens is 276 g/mol. The lowest BCUT2D eigenvalue weighted by atomic mass is 10.1. The van der Waals surface area contributed by atoms with E-state index in [1.165, 1.54) is 0 Å². The normalized spacial score (nSPS) is 11.4. The topological polar surface area (TPSA) is 47.0 Å². The van der Waals surface area contributed by atoms with E-state index in [2.05, 4.69) is 36.1 Å². The first-order valence-corrected chi connectivity index (χ1v) is 7.47. The van der Waals surface area contributed by atoms with Crippen LogP contribution in [0.2, 0.25) is 0 Å². The van der Waals surface area contributed by atoms with Crippen LogP contribution in [0.25, 0.3) is 0 Å². The minimum Gasteiger partial charge on any atom is -0.375 e. The van der Waals surface area contributed by atoms with E-state index in [4.69, 9.17) is 4.74 Å². The number of nitrogens with one attached hydrogen (secondary N) is 1. The highest BCUT2D eigenvalue weighted by Gasteiger charge is 2.08. The number of nitrogens with zero attached hydrogens (tertiary/aromatic N) is 2. The van der Waals surface area contributed by atoms with Gasteiger partial charge in [0.1, 0.15) is 18.2 Å². The SMILES string of the molecule is CCCNc1cc(CC(C)C)nc(CCOCC(F)F)n1. The molecule has 1 N–H and O–H groups in total. The predicted octanol–water partition coefficient (Wildman–Crippen LogP) is 3.32. The smallest absolute Gasteiger partial charge is 0.261 e. The molecule has 0 spiro atoms. The molecule has 0 aliphatic heterocycles. The maximum Gasteiger partial charge on any atom is 0.261 e. The van der Waals surface area contributed by atoms with Gasteiger partial charge in [-0.3, -0.25) is 0 Å². The molecule has 0 saturated carbocycles. The van der Waals surface area contributed by atoms with Crippen LogP contribution in [0.15, 0.2) is 6.07 Å². The second kappa shape index (κ2) is 9.60. The largest absolute Gasteiger partial charge is 0.375 e. The number of rotatable bonds is 10. The summed E-state index contributed by atoms with van der Waals surface area (Å²) in [7, 11) is 0. The lowest BCUT2D eigenvalue weighted by Crippen LogP contribution is -2.12. The van der Waals surface area contributed by atoms with Crippen LogP contribution in [-0.2, 0) is 17.6 Å². The molecule has 0 unspecified atom stereocenters. The van der Waals surface area contributed by atoms with E-state index >= 15 is 0 Å². The van der Waals surface area contributed by atoms with Crippen LogP contribution < -0.4 is 5.32 Å². The predicted molar refractivity (Wildman–Crippen MR) is 79.9 cm³/mol. The molecule has 120 valence electrons. The second-order valence-corrected chi connectivity index (χ2v) is 5.40. The fourth-order valence-electron chi connectivity index (χ4n) is 1.87. The summed E-state index contributed by atoms with van der Waals surface area (Å²) < 4.78 is 28.9. The van der Waals surface area contributed by atoms with E-state index < -0.39 is 13.0 Å². The van der Waals surface area contributed by atoms with Crippen molar-refractivity contribution in [1.82, 2.24) is 9.97 Å². The van der Waals surface area contributed by atoms with Crippen LogP contribution in [0.1, 0.15) is 38.7 Å². The highest BCUT2D eigenvalue weighted by molar-refractivity contribution is 5.36. The Morgan fingerprint density at radius 1 is 1.29 bits per heavy atom. The molecule has 0 saturated heterocycles. The summed E-state index contributed by atoms with van der Waals surface area (Å²) in [5, 5.41) is 3.25. The van der Waals surface area contributed by atoms with Gasteiger partial charge < -0.3 is 10.1 Å². The van der Waals surface area contributed by atoms with Gasteiger partial charge in [0.15, 0.2) is 0 Å². The van der Waals surface area contributed by atoms with Crippen molar-refractivity contribution >= 4 is 5.82 Å². The van der Waals surface area contributed by atoms with Gasteiger partial charge in [-0.25, -0.2) is 18.7 Å². The first-order chi connectivity index (χ1) is 10.0. The van der Waals surface area contributed by atoms with Crippen molar-refractivity contribution in [3.63, 3.8) is 0 Å². The van der Waals surface area contributed by atoms with Gasteiger partial charge in [-0.1, -0.05) is 20.8 Å². The Morgan fingerprint density at radius 2 is 2.05 bits per heavy atom. The van der Waals surface area contributed by atoms with E-state index in [0.29, 0.717) is 18.2 Å². The fraction of sp³-hybridized carbons (Fsp3) is 0.733. The van der Waals surface area contributed by atoms with Gasteiger partial charge in [-0.2, -0.15) is 0 Å². The van der Waals surface area contributed by atoms with E-state index in [-0.39, 0.29) is 6.61 Å². The first-order valence-electron chi connectivity index (χ1n) is 7.47. The van der Waals surface area contributed by atoms with Crippen molar-refractivity contribution < 1.29 is 13.5 Å². The van der Waals surface area contributed by atoms with Crippen LogP contribution in [0.3, 0.4) is 0 Å². The first kappa shape index (κ1) is 17.8. The zero-order chi connectivity index (χ0) is 15.7. The Labute approximate surface area is 125 Å². The molecular formula is C15H25F2N3O. The van der Waals surface area contributed by atoms with E-state index in [0.717, 1.165) is 30.9 Å². The number of ether oxygens (including phenoxy) is 1. The number of hydrogen-bond acceptors (Lipinski definition) is 4. The summed E-state index contributed by atoms with van der Waals surface area (Å²) in [6.45, 7) is 6.87. The minimum atomic E-state index is -2.43. The third kappa shape index (κ3) is 7.90. The number of anilines is 1. The average Bonchev–Trinajstić information content (AvgIpc) is 2.40. The van der Waals surface area contributed by atoms with Gasteiger partial charge in [0, 0.05) is 24.7 Å². The molecule has 1 rings (SSSR count). The zero-order valence-electron chi connectivity index (χ0n) is 13.0. The number of alkyl halides is 2. The molecule has 1 aromatic heterocycles. The van der Waals surface area contributed by atoms with Crippen molar-refractivity contribution in [2.75, 3.05) is 25.1 Å². The fourth-order valence-corrected chi connectivity index (χ4v) is 1.87. The summed E-state index contributed by atoms with van der Waals surface area (Å²) in [6.07, 6.45) is -0.107. The number of aromatic nitrogens is 2. The van der Waals surface area contributed by atoms with Crippen LogP contribution in [0.5, 0.6) is 0 Å². The molecule has 0 aliphatic carbocycles. The third-order valence-corrected chi connectivity index (χ3v) is 2.71. The van der Waals surface area contributed by atoms with Crippen molar-refractivity contribution in [2.45, 2.75) is 46.5 Å². The van der Waals surface area contributed by atoms with E-state index in [1.54, 1.807) is 0 Å².